The largest absolute Gasteiger partial charge is 0.342 e. The molecule has 1 aliphatic rings. The minimum atomic E-state index is -0.429. The maximum Gasteiger partial charge on any atom is 0.262 e. The lowest BCUT2D eigenvalue weighted by Gasteiger charge is -2.31. The van der Waals surface area contributed by atoms with Crippen molar-refractivity contribution < 1.29 is 4.79 Å². The number of pyridine rings is 1. The summed E-state index contributed by atoms with van der Waals surface area (Å²) in [4.78, 5) is 17.1. The highest BCUT2D eigenvalue weighted by Gasteiger charge is 2.37. The molecule has 1 aliphatic carbocycles. The van der Waals surface area contributed by atoms with Crippen molar-refractivity contribution in [1.82, 2.24) is 10.3 Å². The summed E-state index contributed by atoms with van der Waals surface area (Å²) in [7, 11) is 0. The molecule has 1 N–H and O–H groups in total. The molecule has 1 fully saturated rings. The van der Waals surface area contributed by atoms with E-state index in [0.717, 1.165) is 35.7 Å². The van der Waals surface area contributed by atoms with Gasteiger partial charge in [-0.3, -0.25) is 4.79 Å². The van der Waals surface area contributed by atoms with Crippen LogP contribution in [-0.2, 0) is 10.3 Å². The molecule has 6 heteroatoms. The molecule has 0 aliphatic heterocycles. The zero-order valence-corrected chi connectivity index (χ0v) is 17.2. The number of carbonyl (C=O) groups is 1. The maximum absolute atomic E-state index is 12.8. The van der Waals surface area contributed by atoms with Gasteiger partial charge in [-0.1, -0.05) is 47.0 Å². The molecule has 0 saturated heterocycles. The quantitative estimate of drug-likeness (QED) is 0.380. The van der Waals surface area contributed by atoms with E-state index in [1.54, 1.807) is 12.1 Å². The van der Waals surface area contributed by atoms with Crippen molar-refractivity contribution >= 4 is 43.8 Å². The molecule has 0 radical (unpaired) electrons. The SMILES string of the molecule is N#CC(=Cc1cccc(Br)n1)C(=O)NC1(c2cccc(Br)c2)CCCC1. The third-order valence-electron chi connectivity index (χ3n) is 4.58. The molecule has 3 rings (SSSR count). The van der Waals surface area contributed by atoms with Crippen LogP contribution in [0.1, 0.15) is 36.9 Å². The average Bonchev–Trinajstić information content (AvgIpc) is 3.09. The molecule has 26 heavy (non-hydrogen) atoms. The summed E-state index contributed by atoms with van der Waals surface area (Å²) in [5.41, 5.74) is 1.25. The van der Waals surface area contributed by atoms with Gasteiger partial charge in [-0.05, 0) is 64.7 Å². The standard InChI is InChI=1S/C20H17Br2N3O/c21-16-6-3-5-15(12-16)20(9-1-2-10-20)25-19(26)14(13-23)11-17-7-4-8-18(22)24-17/h3-8,11-12H,1-2,9-10H2,(H,25,26). The maximum atomic E-state index is 12.8. The number of benzene rings is 1. The molecule has 1 amide bonds. The van der Waals surface area contributed by atoms with Gasteiger partial charge in [0.2, 0.25) is 0 Å². The van der Waals surface area contributed by atoms with Crippen LogP contribution in [-0.4, -0.2) is 10.9 Å². The summed E-state index contributed by atoms with van der Waals surface area (Å²) in [6, 6.07) is 15.4. The van der Waals surface area contributed by atoms with Crippen LogP contribution in [0.4, 0.5) is 0 Å². The van der Waals surface area contributed by atoms with Gasteiger partial charge in [-0.25, -0.2) is 4.98 Å². The van der Waals surface area contributed by atoms with Crippen LogP contribution in [0.25, 0.3) is 6.08 Å². The molecule has 1 heterocycles. The van der Waals surface area contributed by atoms with Gasteiger partial charge < -0.3 is 5.32 Å². The van der Waals surface area contributed by atoms with Crippen molar-refractivity contribution in [3.05, 3.63) is 68.4 Å². The van der Waals surface area contributed by atoms with E-state index in [1.807, 2.05) is 36.4 Å². The number of halogens is 2. The van der Waals surface area contributed by atoms with Crippen molar-refractivity contribution in [2.45, 2.75) is 31.2 Å². The lowest BCUT2D eigenvalue weighted by molar-refractivity contribution is -0.119. The second kappa shape index (κ2) is 8.15. The highest BCUT2D eigenvalue weighted by molar-refractivity contribution is 9.10. The van der Waals surface area contributed by atoms with E-state index in [-0.39, 0.29) is 11.5 Å². The Morgan fingerprint density at radius 1 is 1.19 bits per heavy atom. The van der Waals surface area contributed by atoms with E-state index < -0.39 is 5.54 Å². The molecule has 1 aromatic carbocycles. The van der Waals surface area contributed by atoms with Crippen LogP contribution in [0.15, 0.2) is 57.1 Å². The smallest absolute Gasteiger partial charge is 0.262 e. The van der Waals surface area contributed by atoms with E-state index in [4.69, 9.17) is 0 Å². The van der Waals surface area contributed by atoms with Crippen molar-refractivity contribution in [1.29, 1.82) is 5.26 Å². The van der Waals surface area contributed by atoms with E-state index in [9.17, 15) is 10.1 Å². The summed E-state index contributed by atoms with van der Waals surface area (Å²) in [6.45, 7) is 0. The first-order chi connectivity index (χ1) is 12.5. The fourth-order valence-electron chi connectivity index (χ4n) is 3.34. The molecular formula is C20H17Br2N3O. The predicted octanol–water partition coefficient (Wildman–Crippen LogP) is 5.10. The fraction of sp³-hybridized carbons (Fsp3) is 0.250. The second-order valence-electron chi connectivity index (χ2n) is 6.31. The lowest BCUT2D eigenvalue weighted by atomic mass is 9.87. The molecule has 2 aromatic rings. The Kier molecular flexibility index (Phi) is 5.90. The summed E-state index contributed by atoms with van der Waals surface area (Å²) in [6.07, 6.45) is 5.34. The van der Waals surface area contributed by atoms with Crippen molar-refractivity contribution in [3.63, 3.8) is 0 Å². The fourth-order valence-corrected chi connectivity index (χ4v) is 4.09. The van der Waals surface area contributed by atoms with Gasteiger partial charge in [-0.15, -0.1) is 0 Å². The minimum Gasteiger partial charge on any atom is -0.342 e. The number of rotatable bonds is 4. The number of aromatic nitrogens is 1. The third kappa shape index (κ3) is 4.22. The number of nitrogens with one attached hydrogen (secondary N) is 1. The monoisotopic (exact) mass is 473 g/mol. The summed E-state index contributed by atoms with van der Waals surface area (Å²) < 4.78 is 1.63. The normalized spacial score (nSPS) is 16.1. The molecule has 0 spiro atoms. The Morgan fingerprint density at radius 2 is 1.92 bits per heavy atom. The molecule has 4 nitrogen and oxygen atoms in total. The zero-order chi connectivity index (χ0) is 18.6. The highest BCUT2D eigenvalue weighted by atomic mass is 79.9. The van der Waals surface area contributed by atoms with Crippen LogP contribution in [0, 0.1) is 11.3 Å². The van der Waals surface area contributed by atoms with Gasteiger partial charge in [0.1, 0.15) is 16.2 Å². The molecule has 0 bridgehead atoms. The number of amides is 1. The van der Waals surface area contributed by atoms with Gasteiger partial charge in [0.25, 0.3) is 5.91 Å². The molecule has 0 unspecified atom stereocenters. The Balaban J connectivity index is 1.89. The average molecular weight is 475 g/mol. The molecular weight excluding hydrogens is 458 g/mol. The summed E-state index contributed by atoms with van der Waals surface area (Å²) >= 11 is 6.80. The van der Waals surface area contributed by atoms with E-state index in [2.05, 4.69) is 42.2 Å². The van der Waals surface area contributed by atoms with Crippen LogP contribution >= 0.6 is 31.9 Å². The first-order valence-corrected chi connectivity index (χ1v) is 9.94. The van der Waals surface area contributed by atoms with E-state index in [1.165, 1.54) is 6.08 Å². The first kappa shape index (κ1) is 18.8. The highest BCUT2D eigenvalue weighted by Crippen LogP contribution is 2.39. The number of hydrogen-bond acceptors (Lipinski definition) is 3. The van der Waals surface area contributed by atoms with Gasteiger partial charge in [0.15, 0.2) is 0 Å². The molecule has 1 saturated carbocycles. The van der Waals surface area contributed by atoms with Crippen LogP contribution in [0.5, 0.6) is 0 Å². The number of nitrogens with zero attached hydrogens (tertiary/aromatic N) is 2. The van der Waals surface area contributed by atoms with E-state index >= 15 is 0 Å². The number of hydrogen-bond donors (Lipinski definition) is 1. The Bertz CT molecular complexity index is 896. The zero-order valence-electron chi connectivity index (χ0n) is 14.0. The van der Waals surface area contributed by atoms with Crippen molar-refractivity contribution in [2.75, 3.05) is 0 Å². The minimum absolute atomic E-state index is 0.0527. The topological polar surface area (TPSA) is 65.8 Å². The summed E-state index contributed by atoms with van der Waals surface area (Å²) in [5, 5.41) is 12.6. The van der Waals surface area contributed by atoms with Gasteiger partial charge in [0.05, 0.1) is 11.2 Å². The Morgan fingerprint density at radius 3 is 2.58 bits per heavy atom. The van der Waals surface area contributed by atoms with Gasteiger partial charge in [0, 0.05) is 4.47 Å². The van der Waals surface area contributed by atoms with E-state index in [0.29, 0.717) is 10.3 Å². The lowest BCUT2D eigenvalue weighted by Crippen LogP contribution is -2.44. The predicted molar refractivity (Wildman–Crippen MR) is 108 cm³/mol. The van der Waals surface area contributed by atoms with Crippen molar-refractivity contribution in [3.8, 4) is 6.07 Å². The molecule has 0 atom stereocenters. The number of carbonyl (C=O) groups excluding carboxylic acids is 1. The third-order valence-corrected chi connectivity index (χ3v) is 5.52. The first-order valence-electron chi connectivity index (χ1n) is 8.35. The van der Waals surface area contributed by atoms with Crippen LogP contribution in [0.3, 0.4) is 0 Å². The second-order valence-corrected chi connectivity index (χ2v) is 8.04. The van der Waals surface area contributed by atoms with Gasteiger partial charge in [-0.2, -0.15) is 5.26 Å². The molecule has 132 valence electrons. The summed E-state index contributed by atoms with van der Waals surface area (Å²) in [5.74, 6) is -0.365. The van der Waals surface area contributed by atoms with Crippen molar-refractivity contribution in [2.24, 2.45) is 0 Å². The Hall–Kier alpha value is -1.97. The Labute approximate surface area is 169 Å². The van der Waals surface area contributed by atoms with Gasteiger partial charge >= 0.3 is 0 Å². The van der Waals surface area contributed by atoms with Crippen LogP contribution < -0.4 is 5.32 Å². The number of nitriles is 1. The molecule has 1 aromatic heterocycles. The van der Waals surface area contributed by atoms with Crippen LogP contribution in [0.2, 0.25) is 0 Å².